The number of aromatic nitrogens is 1. The molecule has 0 radical (unpaired) electrons. The number of carbonyl (C=O) groups is 1. The van der Waals surface area contributed by atoms with E-state index in [0.29, 0.717) is 17.8 Å². The predicted octanol–water partition coefficient (Wildman–Crippen LogP) is 4.54. The van der Waals surface area contributed by atoms with Crippen molar-refractivity contribution in [3.63, 3.8) is 0 Å². The summed E-state index contributed by atoms with van der Waals surface area (Å²) in [6, 6.07) is 4.71. The molecular formula is C17H14F6N2O2. The first-order valence-electron chi connectivity index (χ1n) is 7.65. The molecule has 0 aliphatic rings. The molecule has 2 N–H and O–H groups in total. The lowest BCUT2D eigenvalue weighted by Crippen LogP contribution is -2.22. The second-order valence-electron chi connectivity index (χ2n) is 5.90. The number of aromatic amines is 1. The molecule has 1 heterocycles. The zero-order valence-corrected chi connectivity index (χ0v) is 13.8. The van der Waals surface area contributed by atoms with Gasteiger partial charge in [0.15, 0.2) is 0 Å². The molecule has 1 aromatic carbocycles. The second-order valence-corrected chi connectivity index (χ2v) is 5.90. The van der Waals surface area contributed by atoms with Gasteiger partial charge in [0, 0.05) is 12.6 Å². The van der Waals surface area contributed by atoms with Gasteiger partial charge < -0.3 is 10.3 Å². The summed E-state index contributed by atoms with van der Waals surface area (Å²) >= 11 is 0. The molecule has 0 aliphatic heterocycles. The maximum atomic E-state index is 12.7. The average Bonchev–Trinajstić information content (AvgIpc) is 2.55. The number of halogens is 6. The predicted molar refractivity (Wildman–Crippen MR) is 85.2 cm³/mol. The minimum absolute atomic E-state index is 0.235. The van der Waals surface area contributed by atoms with Gasteiger partial charge in [-0.05, 0) is 29.7 Å². The average molecular weight is 392 g/mol. The van der Waals surface area contributed by atoms with E-state index in [2.05, 4.69) is 5.32 Å². The van der Waals surface area contributed by atoms with E-state index in [0.717, 1.165) is 12.1 Å². The zero-order chi connectivity index (χ0) is 20.4. The van der Waals surface area contributed by atoms with Crippen LogP contribution >= 0.6 is 0 Å². The van der Waals surface area contributed by atoms with Crippen LogP contribution in [0.2, 0.25) is 0 Å². The molecule has 0 spiro atoms. The number of pyridine rings is 1. The lowest BCUT2D eigenvalue weighted by molar-refractivity contribution is -0.138. The Balaban J connectivity index is 2.08. The molecule has 0 bridgehead atoms. The number of hydrogen-bond acceptors (Lipinski definition) is 2. The Morgan fingerprint density at radius 2 is 1.59 bits per heavy atom. The van der Waals surface area contributed by atoms with Crippen molar-refractivity contribution in [3.8, 4) is 0 Å². The molecule has 2 aromatic rings. The summed E-state index contributed by atoms with van der Waals surface area (Å²) in [6.45, 7) is 1.57. The van der Waals surface area contributed by atoms with Crippen molar-refractivity contribution in [3.05, 3.63) is 63.6 Å². The quantitative estimate of drug-likeness (QED) is 0.751. The van der Waals surface area contributed by atoms with Crippen LogP contribution in [0.3, 0.4) is 0 Å². The standard InChI is InChI=1S/C17H14F6N2O2/c1-9(10-2-4-11(5-3-10)16(18,19)20)6-14(26)25-13-7-12(17(21,22)23)8-24-15(13)27/h2-5,7-9H,6H2,1H3,(H,24,27)(H,25,26). The van der Waals surface area contributed by atoms with Crippen molar-refractivity contribution in [1.29, 1.82) is 0 Å². The monoisotopic (exact) mass is 392 g/mol. The fourth-order valence-electron chi connectivity index (χ4n) is 2.34. The Kier molecular flexibility index (Phi) is 5.67. The summed E-state index contributed by atoms with van der Waals surface area (Å²) < 4.78 is 75.7. The molecular weight excluding hydrogens is 378 g/mol. The van der Waals surface area contributed by atoms with Gasteiger partial charge in [-0.1, -0.05) is 19.1 Å². The number of anilines is 1. The lowest BCUT2D eigenvalue weighted by Gasteiger charge is -2.14. The number of benzene rings is 1. The van der Waals surface area contributed by atoms with E-state index in [1.165, 1.54) is 12.1 Å². The lowest BCUT2D eigenvalue weighted by atomic mass is 9.96. The number of amides is 1. The number of nitrogens with one attached hydrogen (secondary N) is 2. The van der Waals surface area contributed by atoms with Crippen LogP contribution in [0.25, 0.3) is 0 Å². The molecule has 146 valence electrons. The van der Waals surface area contributed by atoms with Crippen LogP contribution in [-0.4, -0.2) is 10.9 Å². The van der Waals surface area contributed by atoms with Gasteiger partial charge in [0.25, 0.3) is 5.56 Å². The van der Waals surface area contributed by atoms with E-state index < -0.39 is 46.6 Å². The van der Waals surface area contributed by atoms with Crippen molar-refractivity contribution in [2.45, 2.75) is 31.6 Å². The Morgan fingerprint density at radius 3 is 2.11 bits per heavy atom. The van der Waals surface area contributed by atoms with E-state index in [1.807, 2.05) is 4.98 Å². The Morgan fingerprint density at radius 1 is 1.04 bits per heavy atom. The molecule has 1 unspecified atom stereocenters. The number of alkyl halides is 6. The van der Waals surface area contributed by atoms with Gasteiger partial charge >= 0.3 is 12.4 Å². The second kappa shape index (κ2) is 7.45. The number of carbonyl (C=O) groups excluding carboxylic acids is 1. The van der Waals surface area contributed by atoms with Gasteiger partial charge in [-0.2, -0.15) is 26.3 Å². The molecule has 2 rings (SSSR count). The fourth-order valence-corrected chi connectivity index (χ4v) is 2.34. The molecule has 1 atom stereocenters. The molecule has 0 saturated carbocycles. The van der Waals surface area contributed by atoms with Gasteiger partial charge in [0.05, 0.1) is 11.1 Å². The Bertz CT molecular complexity index is 869. The van der Waals surface area contributed by atoms with Crippen LogP contribution in [0.1, 0.15) is 36.0 Å². The highest BCUT2D eigenvalue weighted by atomic mass is 19.4. The van der Waals surface area contributed by atoms with Crippen molar-refractivity contribution < 1.29 is 31.1 Å². The van der Waals surface area contributed by atoms with Crippen LogP contribution in [0, 0.1) is 0 Å². The molecule has 1 amide bonds. The number of hydrogen-bond donors (Lipinski definition) is 2. The van der Waals surface area contributed by atoms with Gasteiger partial charge in [0.2, 0.25) is 5.91 Å². The van der Waals surface area contributed by atoms with Gasteiger partial charge in [-0.25, -0.2) is 0 Å². The van der Waals surface area contributed by atoms with Crippen LogP contribution in [0.4, 0.5) is 32.0 Å². The molecule has 10 heteroatoms. The van der Waals surface area contributed by atoms with E-state index in [9.17, 15) is 35.9 Å². The van der Waals surface area contributed by atoms with E-state index >= 15 is 0 Å². The maximum Gasteiger partial charge on any atom is 0.417 e. The van der Waals surface area contributed by atoms with E-state index in [4.69, 9.17) is 0 Å². The third kappa shape index (κ3) is 5.35. The molecule has 4 nitrogen and oxygen atoms in total. The molecule has 0 saturated heterocycles. The van der Waals surface area contributed by atoms with Crippen LogP contribution in [0.5, 0.6) is 0 Å². The summed E-state index contributed by atoms with van der Waals surface area (Å²) in [4.78, 5) is 25.5. The largest absolute Gasteiger partial charge is 0.417 e. The van der Waals surface area contributed by atoms with E-state index in [-0.39, 0.29) is 6.42 Å². The first-order chi connectivity index (χ1) is 12.4. The van der Waals surface area contributed by atoms with Gasteiger partial charge in [0.1, 0.15) is 5.69 Å². The van der Waals surface area contributed by atoms with Crippen molar-refractivity contribution in [1.82, 2.24) is 4.98 Å². The van der Waals surface area contributed by atoms with Crippen molar-refractivity contribution in [2.75, 3.05) is 5.32 Å². The van der Waals surface area contributed by atoms with Crippen molar-refractivity contribution >= 4 is 11.6 Å². The SMILES string of the molecule is CC(CC(=O)Nc1cc(C(F)(F)F)c[nH]c1=O)c1ccc(C(F)(F)F)cc1. The van der Waals surface area contributed by atoms with Crippen LogP contribution < -0.4 is 10.9 Å². The third-order valence-corrected chi connectivity index (χ3v) is 3.80. The van der Waals surface area contributed by atoms with Crippen LogP contribution in [-0.2, 0) is 17.1 Å². The summed E-state index contributed by atoms with van der Waals surface area (Å²) in [5.74, 6) is -1.26. The molecule has 1 aromatic heterocycles. The Hall–Kier alpha value is -2.78. The zero-order valence-electron chi connectivity index (χ0n) is 13.8. The third-order valence-electron chi connectivity index (χ3n) is 3.80. The summed E-state index contributed by atoms with van der Waals surface area (Å²) in [5, 5.41) is 2.10. The minimum atomic E-state index is -4.70. The fraction of sp³-hybridized carbons (Fsp3) is 0.294. The topological polar surface area (TPSA) is 62.0 Å². The highest BCUT2D eigenvalue weighted by Gasteiger charge is 2.32. The first-order valence-corrected chi connectivity index (χ1v) is 7.65. The number of rotatable bonds is 4. The van der Waals surface area contributed by atoms with Crippen molar-refractivity contribution in [2.24, 2.45) is 0 Å². The minimum Gasteiger partial charge on any atom is -0.327 e. The first kappa shape index (κ1) is 20.5. The Labute approximate surface area is 149 Å². The summed E-state index contributed by atoms with van der Waals surface area (Å²) in [7, 11) is 0. The molecule has 27 heavy (non-hydrogen) atoms. The highest BCUT2D eigenvalue weighted by Crippen LogP contribution is 2.31. The summed E-state index contributed by atoms with van der Waals surface area (Å²) in [6.07, 6.45) is -8.93. The normalized spacial score (nSPS) is 13.3. The molecule has 0 fully saturated rings. The number of H-pyrrole nitrogens is 1. The maximum absolute atomic E-state index is 12.7. The van der Waals surface area contributed by atoms with E-state index in [1.54, 1.807) is 6.92 Å². The van der Waals surface area contributed by atoms with Crippen LogP contribution in [0.15, 0.2) is 41.3 Å². The van der Waals surface area contributed by atoms with Gasteiger partial charge in [-0.15, -0.1) is 0 Å². The smallest absolute Gasteiger partial charge is 0.327 e. The molecule has 0 aliphatic carbocycles. The van der Waals surface area contributed by atoms with Gasteiger partial charge in [-0.3, -0.25) is 9.59 Å². The highest BCUT2D eigenvalue weighted by molar-refractivity contribution is 5.91. The summed E-state index contributed by atoms with van der Waals surface area (Å²) in [5.41, 5.74) is -2.99.